The number of hydrogen-bond acceptors (Lipinski definition) is 6. The first-order valence-corrected chi connectivity index (χ1v) is 10.6. The number of furan rings is 1. The predicted molar refractivity (Wildman–Crippen MR) is 125 cm³/mol. The Balaban J connectivity index is 1.41. The summed E-state index contributed by atoms with van der Waals surface area (Å²) in [5, 5.41) is 3.45. The van der Waals surface area contributed by atoms with Crippen LogP contribution in [0.2, 0.25) is 0 Å². The van der Waals surface area contributed by atoms with Crippen LogP contribution in [0.5, 0.6) is 0 Å². The summed E-state index contributed by atoms with van der Waals surface area (Å²) < 4.78 is 11.9. The van der Waals surface area contributed by atoms with Crippen molar-refractivity contribution in [2.24, 2.45) is 0 Å². The SMILES string of the molecule is CC(OC(=O)Cn1cnc2c(oc3ccccc32)c1=O)C(=O)Nc1ccc(C(C)(C)C)cc1. The molecule has 4 aromatic rings. The number of benzene rings is 2. The van der Waals surface area contributed by atoms with Crippen molar-refractivity contribution in [2.75, 3.05) is 5.32 Å². The molecule has 33 heavy (non-hydrogen) atoms. The number of carbonyl (C=O) groups excluding carboxylic acids is 2. The van der Waals surface area contributed by atoms with Gasteiger partial charge in [0.05, 0.1) is 6.33 Å². The van der Waals surface area contributed by atoms with Crippen LogP contribution in [0.4, 0.5) is 5.69 Å². The van der Waals surface area contributed by atoms with Gasteiger partial charge in [-0.15, -0.1) is 0 Å². The van der Waals surface area contributed by atoms with Gasteiger partial charge >= 0.3 is 5.97 Å². The number of ether oxygens (including phenoxy) is 1. The number of rotatable bonds is 5. The molecule has 0 aliphatic rings. The number of amides is 1. The summed E-state index contributed by atoms with van der Waals surface area (Å²) >= 11 is 0. The predicted octanol–water partition coefficient (Wildman–Crippen LogP) is 4.01. The summed E-state index contributed by atoms with van der Waals surface area (Å²) in [5.41, 5.74) is 2.29. The fraction of sp³-hybridized carbons (Fsp3) is 0.280. The first-order valence-electron chi connectivity index (χ1n) is 10.6. The highest BCUT2D eigenvalue weighted by Crippen LogP contribution is 2.24. The smallest absolute Gasteiger partial charge is 0.326 e. The van der Waals surface area contributed by atoms with Crippen LogP contribution in [-0.4, -0.2) is 27.5 Å². The van der Waals surface area contributed by atoms with Crippen LogP contribution in [0.1, 0.15) is 33.3 Å². The largest absolute Gasteiger partial charge is 0.451 e. The molecule has 8 nitrogen and oxygen atoms in total. The zero-order chi connectivity index (χ0) is 23.8. The standard InChI is InChI=1S/C25H25N3O5/c1-15(23(30)27-17-11-9-16(10-12-17)25(2,3)4)32-20(29)13-28-14-26-21-18-7-5-6-8-19(18)33-22(21)24(28)31/h5-12,14-15H,13H2,1-4H3,(H,27,30). The summed E-state index contributed by atoms with van der Waals surface area (Å²) in [6.07, 6.45) is 0.230. The number of esters is 1. The van der Waals surface area contributed by atoms with E-state index in [1.807, 2.05) is 24.3 Å². The van der Waals surface area contributed by atoms with Gasteiger partial charge in [0.25, 0.3) is 11.5 Å². The van der Waals surface area contributed by atoms with Crippen molar-refractivity contribution in [2.45, 2.75) is 45.8 Å². The van der Waals surface area contributed by atoms with Crippen molar-refractivity contribution in [3.05, 3.63) is 70.8 Å². The van der Waals surface area contributed by atoms with E-state index in [0.29, 0.717) is 16.8 Å². The van der Waals surface area contributed by atoms with E-state index in [0.717, 1.165) is 15.5 Å². The van der Waals surface area contributed by atoms with Gasteiger partial charge < -0.3 is 14.5 Å². The van der Waals surface area contributed by atoms with Gasteiger partial charge in [0.15, 0.2) is 6.10 Å². The Morgan fingerprint density at radius 1 is 1.12 bits per heavy atom. The molecule has 0 saturated heterocycles. The van der Waals surface area contributed by atoms with Crippen LogP contribution in [0.25, 0.3) is 22.1 Å². The van der Waals surface area contributed by atoms with E-state index in [-0.39, 0.29) is 11.0 Å². The lowest BCUT2D eigenvalue weighted by atomic mass is 9.87. The molecule has 0 spiro atoms. The number of anilines is 1. The minimum absolute atomic E-state index is 0.00366. The van der Waals surface area contributed by atoms with E-state index in [9.17, 15) is 14.4 Å². The van der Waals surface area contributed by atoms with Gasteiger partial charge in [-0.3, -0.25) is 19.0 Å². The number of carbonyl (C=O) groups is 2. The van der Waals surface area contributed by atoms with Gasteiger partial charge in [-0.05, 0) is 42.2 Å². The zero-order valence-corrected chi connectivity index (χ0v) is 18.9. The number of nitrogens with one attached hydrogen (secondary N) is 1. The van der Waals surface area contributed by atoms with E-state index in [4.69, 9.17) is 9.15 Å². The van der Waals surface area contributed by atoms with Crippen molar-refractivity contribution in [1.29, 1.82) is 0 Å². The molecule has 0 radical (unpaired) electrons. The van der Waals surface area contributed by atoms with E-state index < -0.39 is 30.1 Å². The number of fused-ring (bicyclic) bond motifs is 3. The lowest BCUT2D eigenvalue weighted by Gasteiger charge is -2.19. The second kappa shape index (κ2) is 8.54. The Morgan fingerprint density at radius 2 is 1.82 bits per heavy atom. The lowest BCUT2D eigenvalue weighted by molar-refractivity contribution is -0.153. The molecule has 170 valence electrons. The maximum atomic E-state index is 12.7. The Labute approximate surface area is 190 Å². The molecule has 4 rings (SSSR count). The lowest BCUT2D eigenvalue weighted by Crippen LogP contribution is -2.33. The van der Waals surface area contributed by atoms with Crippen LogP contribution >= 0.6 is 0 Å². The molecule has 1 unspecified atom stereocenters. The third-order valence-corrected chi connectivity index (χ3v) is 5.35. The van der Waals surface area contributed by atoms with Crippen molar-refractivity contribution >= 4 is 39.6 Å². The maximum Gasteiger partial charge on any atom is 0.326 e. The molecule has 0 fully saturated rings. The van der Waals surface area contributed by atoms with E-state index >= 15 is 0 Å². The Bertz CT molecular complexity index is 1390. The van der Waals surface area contributed by atoms with Gasteiger partial charge in [0.2, 0.25) is 5.58 Å². The van der Waals surface area contributed by atoms with Gasteiger partial charge in [-0.2, -0.15) is 0 Å². The highest BCUT2D eigenvalue weighted by Gasteiger charge is 2.20. The van der Waals surface area contributed by atoms with Crippen LogP contribution in [0.15, 0.2) is 64.1 Å². The molecular formula is C25H25N3O5. The van der Waals surface area contributed by atoms with Crippen molar-refractivity contribution < 1.29 is 18.7 Å². The molecule has 8 heteroatoms. The molecule has 0 saturated carbocycles. The minimum atomic E-state index is -1.04. The molecule has 1 amide bonds. The highest BCUT2D eigenvalue weighted by molar-refractivity contribution is 6.01. The average molecular weight is 447 g/mol. The topological polar surface area (TPSA) is 103 Å². The molecule has 2 heterocycles. The number of nitrogens with zero attached hydrogens (tertiary/aromatic N) is 2. The number of para-hydroxylation sites is 1. The molecule has 2 aromatic carbocycles. The molecule has 1 atom stereocenters. The second-order valence-corrected chi connectivity index (χ2v) is 8.90. The molecule has 1 N–H and O–H groups in total. The minimum Gasteiger partial charge on any atom is -0.451 e. The first-order chi connectivity index (χ1) is 15.6. The van der Waals surface area contributed by atoms with Crippen LogP contribution in [-0.2, 0) is 26.3 Å². The fourth-order valence-electron chi connectivity index (χ4n) is 3.45. The first kappa shape index (κ1) is 22.3. The van der Waals surface area contributed by atoms with E-state index in [1.54, 1.807) is 24.3 Å². The van der Waals surface area contributed by atoms with Crippen LogP contribution in [0.3, 0.4) is 0 Å². The van der Waals surface area contributed by atoms with Crippen molar-refractivity contribution in [3.8, 4) is 0 Å². The number of aromatic nitrogens is 2. The molecule has 0 aliphatic carbocycles. The highest BCUT2D eigenvalue weighted by atomic mass is 16.5. The Hall–Kier alpha value is -3.94. The Morgan fingerprint density at radius 3 is 2.52 bits per heavy atom. The van der Waals surface area contributed by atoms with Gasteiger partial charge in [0.1, 0.15) is 17.6 Å². The molecule has 2 aromatic heterocycles. The van der Waals surface area contributed by atoms with Crippen LogP contribution in [0, 0.1) is 0 Å². The summed E-state index contributed by atoms with van der Waals surface area (Å²) in [6.45, 7) is 7.40. The van der Waals surface area contributed by atoms with Crippen molar-refractivity contribution in [1.82, 2.24) is 9.55 Å². The quantitative estimate of drug-likeness (QED) is 0.464. The molecule has 0 aliphatic heterocycles. The average Bonchev–Trinajstić information content (AvgIpc) is 3.15. The molecule has 0 bridgehead atoms. The third-order valence-electron chi connectivity index (χ3n) is 5.35. The van der Waals surface area contributed by atoms with Gasteiger partial charge in [-0.1, -0.05) is 45.0 Å². The maximum absolute atomic E-state index is 12.7. The fourth-order valence-corrected chi connectivity index (χ4v) is 3.45. The second-order valence-electron chi connectivity index (χ2n) is 8.90. The van der Waals surface area contributed by atoms with E-state index in [2.05, 4.69) is 31.1 Å². The van der Waals surface area contributed by atoms with Crippen LogP contribution < -0.4 is 10.9 Å². The van der Waals surface area contributed by atoms with Crippen molar-refractivity contribution in [3.63, 3.8) is 0 Å². The van der Waals surface area contributed by atoms with Gasteiger partial charge in [-0.25, -0.2) is 4.98 Å². The summed E-state index contributed by atoms with van der Waals surface area (Å²) in [7, 11) is 0. The summed E-state index contributed by atoms with van der Waals surface area (Å²) in [4.78, 5) is 41.8. The normalized spacial score (nSPS) is 12.6. The zero-order valence-electron chi connectivity index (χ0n) is 18.9. The van der Waals surface area contributed by atoms with E-state index in [1.165, 1.54) is 13.3 Å². The molecular weight excluding hydrogens is 422 g/mol. The monoisotopic (exact) mass is 447 g/mol. The number of hydrogen-bond donors (Lipinski definition) is 1. The Kier molecular flexibility index (Phi) is 5.76. The summed E-state index contributed by atoms with van der Waals surface area (Å²) in [6, 6.07) is 14.7. The summed E-state index contributed by atoms with van der Waals surface area (Å²) in [5.74, 6) is -1.20. The van der Waals surface area contributed by atoms with Gasteiger partial charge in [0, 0.05) is 11.1 Å². The third kappa shape index (κ3) is 4.64.